The van der Waals surface area contributed by atoms with Crippen molar-refractivity contribution in [3.63, 3.8) is 0 Å². The molecule has 0 spiro atoms. The van der Waals surface area contributed by atoms with Gasteiger partial charge in [-0.3, -0.25) is 9.35 Å². The minimum absolute atomic E-state index is 0. The molecular formula is C26H20Cl2N3NaO6S. The molecule has 9 nitrogen and oxygen atoms in total. The smallest absolute Gasteiger partial charge is 0.870 e. The summed E-state index contributed by atoms with van der Waals surface area (Å²) in [6.07, 6.45) is 0.270. The predicted molar refractivity (Wildman–Crippen MR) is 144 cm³/mol. The Morgan fingerprint density at radius 2 is 1.72 bits per heavy atom. The van der Waals surface area contributed by atoms with E-state index in [1.165, 1.54) is 31.4 Å². The second-order valence-electron chi connectivity index (χ2n) is 8.02. The molecule has 0 aliphatic rings. The van der Waals surface area contributed by atoms with Crippen LogP contribution in [0.3, 0.4) is 0 Å². The van der Waals surface area contributed by atoms with Crippen molar-refractivity contribution in [2.75, 3.05) is 12.4 Å². The van der Waals surface area contributed by atoms with Crippen molar-refractivity contribution < 1.29 is 57.2 Å². The van der Waals surface area contributed by atoms with Gasteiger partial charge in [-0.05, 0) is 47.7 Å². The zero-order valence-corrected chi connectivity index (χ0v) is 25.4. The maximum atomic E-state index is 13.5. The first-order valence-corrected chi connectivity index (χ1v) is 13.3. The minimum Gasteiger partial charge on any atom is -0.870 e. The summed E-state index contributed by atoms with van der Waals surface area (Å²) < 4.78 is 38.8. The number of methoxy groups -OCH3 is 1. The van der Waals surface area contributed by atoms with E-state index in [1.807, 2.05) is 0 Å². The molecule has 0 saturated carbocycles. The number of azo groups is 1. The third kappa shape index (κ3) is 6.55. The van der Waals surface area contributed by atoms with Crippen LogP contribution in [0.25, 0.3) is 10.8 Å². The summed E-state index contributed by atoms with van der Waals surface area (Å²) in [6.45, 7) is 1.72. The number of hydrogen-bond acceptors (Lipinski definition) is 7. The molecule has 4 aromatic carbocycles. The molecule has 0 heterocycles. The number of halogens is 2. The Morgan fingerprint density at radius 3 is 2.36 bits per heavy atom. The van der Waals surface area contributed by atoms with E-state index in [9.17, 15) is 22.9 Å². The van der Waals surface area contributed by atoms with Gasteiger partial charge in [0.1, 0.15) is 16.3 Å². The molecule has 0 atom stereocenters. The summed E-state index contributed by atoms with van der Waals surface area (Å²) in [5.41, 5.74) is -0.0626. The third-order valence-corrected chi connectivity index (χ3v) is 7.27. The second kappa shape index (κ2) is 12.6. The van der Waals surface area contributed by atoms with Crippen LogP contribution in [0, 0.1) is 0 Å². The summed E-state index contributed by atoms with van der Waals surface area (Å²) in [5.74, 6) is -0.995. The Bertz CT molecular complexity index is 1710. The SMILES string of the molecule is CCc1c(Cl)ccc(S(=O)(=O)O)c1N=Nc1c([O-])c(C(=O)Nc2ccc(OC)cc2Cl)cc2ccccc12.[Na+]. The summed E-state index contributed by atoms with van der Waals surface area (Å²) >= 11 is 12.5. The number of nitrogens with zero attached hydrogens (tertiary/aromatic N) is 2. The molecule has 13 heteroatoms. The van der Waals surface area contributed by atoms with Crippen molar-refractivity contribution in [2.24, 2.45) is 10.2 Å². The van der Waals surface area contributed by atoms with Gasteiger partial charge >= 0.3 is 29.6 Å². The largest absolute Gasteiger partial charge is 1.00 e. The van der Waals surface area contributed by atoms with Crippen molar-refractivity contribution in [1.29, 1.82) is 0 Å². The molecule has 0 aromatic heterocycles. The molecule has 0 bridgehead atoms. The fourth-order valence-corrected chi connectivity index (χ4v) is 4.99. The number of carbonyl (C=O) groups excluding carboxylic acids is 1. The van der Waals surface area contributed by atoms with Crippen molar-refractivity contribution in [3.05, 3.63) is 81.8 Å². The predicted octanol–water partition coefficient (Wildman–Crippen LogP) is 3.71. The molecule has 1 amide bonds. The molecule has 0 aliphatic heterocycles. The van der Waals surface area contributed by atoms with Crippen LogP contribution >= 0.6 is 23.2 Å². The van der Waals surface area contributed by atoms with Gasteiger partial charge in [-0.15, -0.1) is 5.11 Å². The molecule has 39 heavy (non-hydrogen) atoms. The van der Waals surface area contributed by atoms with E-state index in [2.05, 4.69) is 15.5 Å². The number of rotatable bonds is 7. The Hall–Kier alpha value is -2.70. The molecule has 0 unspecified atom stereocenters. The molecule has 0 fully saturated rings. The van der Waals surface area contributed by atoms with E-state index in [1.54, 1.807) is 37.3 Å². The average Bonchev–Trinajstić information content (AvgIpc) is 2.88. The van der Waals surface area contributed by atoms with Crippen molar-refractivity contribution in [1.82, 2.24) is 0 Å². The first-order chi connectivity index (χ1) is 18.0. The summed E-state index contributed by atoms with van der Waals surface area (Å²) in [7, 11) is -3.20. The molecule has 4 rings (SSSR count). The maximum Gasteiger partial charge on any atom is 1.00 e. The first kappa shape index (κ1) is 30.8. The van der Waals surface area contributed by atoms with Gasteiger partial charge < -0.3 is 15.2 Å². The Morgan fingerprint density at radius 1 is 1.03 bits per heavy atom. The zero-order chi connectivity index (χ0) is 27.6. The summed E-state index contributed by atoms with van der Waals surface area (Å²) in [6, 6.07) is 15.2. The maximum absolute atomic E-state index is 13.5. The number of hydrogen-bond donors (Lipinski definition) is 2. The number of anilines is 1. The van der Waals surface area contributed by atoms with Gasteiger partial charge in [0.15, 0.2) is 0 Å². The standard InChI is InChI=1S/C26H21Cl2N3O6S.Na/c1-3-16-19(27)9-11-22(38(34,35)36)23(16)30-31-24-17-7-5-4-6-14(17)12-18(25(24)32)26(33)29-21-10-8-15(37-2)13-20(21)28;/h4-13,32H,3H2,1-2H3,(H,29,33)(H,34,35,36);/q;+1/p-1. The number of nitrogens with one attached hydrogen (secondary N) is 1. The molecule has 0 radical (unpaired) electrons. The normalized spacial score (nSPS) is 11.4. The quantitative estimate of drug-likeness (QED) is 0.189. The van der Waals surface area contributed by atoms with Gasteiger partial charge in [-0.2, -0.15) is 13.5 Å². The fraction of sp³-hybridized carbons (Fsp3) is 0.115. The van der Waals surface area contributed by atoms with Crippen LogP contribution < -0.4 is 44.7 Å². The first-order valence-electron chi connectivity index (χ1n) is 11.1. The Balaban J connectivity index is 0.00000420. The number of fused-ring (bicyclic) bond motifs is 1. The van der Waals surface area contributed by atoms with Crippen LogP contribution in [0.2, 0.25) is 10.0 Å². The van der Waals surface area contributed by atoms with Crippen LogP contribution in [0.15, 0.2) is 75.8 Å². The minimum atomic E-state index is -4.68. The summed E-state index contributed by atoms with van der Waals surface area (Å²) in [5, 5.41) is 25.5. The van der Waals surface area contributed by atoms with Gasteiger partial charge in [0, 0.05) is 22.0 Å². The van der Waals surface area contributed by atoms with Gasteiger partial charge in [0.25, 0.3) is 16.0 Å². The van der Waals surface area contributed by atoms with E-state index < -0.39 is 26.7 Å². The number of ether oxygens (including phenoxy) is 1. The van der Waals surface area contributed by atoms with Crippen LogP contribution in [-0.2, 0) is 16.5 Å². The van der Waals surface area contributed by atoms with Gasteiger partial charge in [0.05, 0.1) is 23.5 Å². The van der Waals surface area contributed by atoms with Crippen molar-refractivity contribution in [2.45, 2.75) is 18.2 Å². The van der Waals surface area contributed by atoms with E-state index in [0.29, 0.717) is 22.1 Å². The van der Waals surface area contributed by atoms with E-state index >= 15 is 0 Å². The van der Waals surface area contributed by atoms with E-state index in [4.69, 9.17) is 27.9 Å². The average molecular weight is 596 g/mol. The monoisotopic (exact) mass is 595 g/mol. The van der Waals surface area contributed by atoms with Crippen molar-refractivity contribution in [3.8, 4) is 11.5 Å². The Labute approximate surface area is 256 Å². The van der Waals surface area contributed by atoms with E-state index in [-0.39, 0.29) is 68.6 Å². The molecule has 2 N–H and O–H groups in total. The van der Waals surface area contributed by atoms with Crippen molar-refractivity contribution >= 4 is 67.1 Å². The number of amides is 1. The zero-order valence-electron chi connectivity index (χ0n) is 21.0. The van der Waals surface area contributed by atoms with Crippen LogP contribution in [0.4, 0.5) is 17.1 Å². The fourth-order valence-electron chi connectivity index (χ4n) is 3.84. The third-order valence-electron chi connectivity index (χ3n) is 5.71. The summed E-state index contributed by atoms with van der Waals surface area (Å²) in [4.78, 5) is 12.6. The van der Waals surface area contributed by atoms with Gasteiger partial charge in [-0.25, -0.2) is 0 Å². The molecule has 4 aromatic rings. The van der Waals surface area contributed by atoms with Crippen LogP contribution in [0.1, 0.15) is 22.8 Å². The van der Waals surface area contributed by atoms with Crippen LogP contribution in [-0.4, -0.2) is 26.0 Å². The molecule has 0 saturated heterocycles. The Kier molecular flexibility index (Phi) is 10.0. The number of carbonyl (C=O) groups is 1. The van der Waals surface area contributed by atoms with Crippen LogP contribution in [0.5, 0.6) is 11.5 Å². The van der Waals surface area contributed by atoms with E-state index in [0.717, 1.165) is 6.07 Å². The topological polar surface area (TPSA) is 140 Å². The number of benzene rings is 4. The van der Waals surface area contributed by atoms with Gasteiger partial charge in [-0.1, -0.05) is 60.1 Å². The molecule has 196 valence electrons. The molecule has 0 aliphatic carbocycles. The second-order valence-corrected chi connectivity index (χ2v) is 10.2. The van der Waals surface area contributed by atoms with Gasteiger partial charge in [0.2, 0.25) is 0 Å². The molecular weight excluding hydrogens is 576 g/mol.